The number of phosphoric acid groups is 1. The molecule has 0 bridgehead atoms. The van der Waals surface area contributed by atoms with Crippen LogP contribution in [0.25, 0.3) is 0 Å². The van der Waals surface area contributed by atoms with Gasteiger partial charge in [0, 0.05) is 0 Å². The summed E-state index contributed by atoms with van der Waals surface area (Å²) in [5.41, 5.74) is 0. The van der Waals surface area contributed by atoms with Gasteiger partial charge in [0.15, 0.2) is 0 Å². The van der Waals surface area contributed by atoms with Gasteiger partial charge >= 0.3 is 51.4 Å². The molecule has 0 aliphatic rings. The molecule has 0 aromatic heterocycles. The summed E-state index contributed by atoms with van der Waals surface area (Å²) in [5, 5.41) is 0. The number of hydrogen-bond donors (Lipinski definition) is 2. The molecule has 0 rings (SSSR count). The number of hydrogen-bond acceptors (Lipinski definition) is 3. The third kappa shape index (κ3) is 31.6. The molecule has 0 aliphatic carbocycles. The van der Waals surface area contributed by atoms with Gasteiger partial charge in [-0.15, -0.1) is 0 Å². The van der Waals surface area contributed by atoms with Crippen LogP contribution in [0.4, 0.5) is 0 Å². The molecule has 0 aromatic carbocycles. The van der Waals surface area contributed by atoms with Crippen molar-refractivity contribution in [2.24, 2.45) is 0 Å². The number of rotatable bonds is 3. The molecular formula is C6H17KNO4P. The van der Waals surface area contributed by atoms with E-state index < -0.39 is 7.82 Å². The summed E-state index contributed by atoms with van der Waals surface area (Å²) >= 11 is 0. The van der Waals surface area contributed by atoms with E-state index in [9.17, 15) is 0 Å². The smallest absolute Gasteiger partial charge is 0.756 e. The molecule has 0 spiro atoms. The quantitative estimate of drug-likeness (QED) is 0.399. The first-order chi connectivity index (χ1) is 5.35. The SMILES string of the molecule is CCN(CC)CC.O=P([O-])(O)O.[K+]. The molecule has 5 nitrogen and oxygen atoms in total. The van der Waals surface area contributed by atoms with Crippen LogP contribution in [0.5, 0.6) is 0 Å². The fourth-order valence-corrected chi connectivity index (χ4v) is 0.671. The maximum absolute atomic E-state index is 8.77. The Morgan fingerprint density at radius 2 is 1.31 bits per heavy atom. The second-order valence-corrected chi connectivity index (χ2v) is 3.09. The van der Waals surface area contributed by atoms with Crippen LogP contribution in [0, 0.1) is 0 Å². The first kappa shape index (κ1) is 20.2. The Morgan fingerprint density at radius 3 is 1.31 bits per heavy atom. The van der Waals surface area contributed by atoms with Crippen LogP contribution in [0.2, 0.25) is 0 Å². The molecule has 2 N–H and O–H groups in total. The molecule has 0 radical (unpaired) electrons. The van der Waals surface area contributed by atoms with Crippen LogP contribution in [-0.4, -0.2) is 34.3 Å². The van der Waals surface area contributed by atoms with Crippen LogP contribution >= 0.6 is 7.82 Å². The standard InChI is InChI=1S/C6H15N.K.H3O4P/c1-4-7(5-2)6-3;;1-5(2,3)4/h4-6H2,1-3H3;;(H3,1,2,3,4)/q;+1;/p-1. The molecule has 7 heteroatoms. The molecule has 13 heavy (non-hydrogen) atoms. The third-order valence-electron chi connectivity index (χ3n) is 1.34. The van der Waals surface area contributed by atoms with Gasteiger partial charge in [0.1, 0.15) is 0 Å². The monoisotopic (exact) mass is 237 g/mol. The fraction of sp³-hybridized carbons (Fsp3) is 1.00. The van der Waals surface area contributed by atoms with Crippen molar-refractivity contribution in [3.05, 3.63) is 0 Å². The second kappa shape index (κ2) is 11.8. The van der Waals surface area contributed by atoms with E-state index in [0.717, 1.165) is 0 Å². The Bertz CT molecular complexity index is 123. The Labute approximate surface area is 122 Å². The summed E-state index contributed by atoms with van der Waals surface area (Å²) in [4.78, 5) is 25.3. The van der Waals surface area contributed by atoms with E-state index >= 15 is 0 Å². The van der Waals surface area contributed by atoms with E-state index in [4.69, 9.17) is 19.2 Å². The van der Waals surface area contributed by atoms with Crippen LogP contribution in [0.1, 0.15) is 20.8 Å². The Kier molecular flexibility index (Phi) is 18.3. The van der Waals surface area contributed by atoms with Crippen molar-refractivity contribution in [2.75, 3.05) is 19.6 Å². The normalized spacial score (nSPS) is 10.1. The van der Waals surface area contributed by atoms with Gasteiger partial charge < -0.3 is 19.6 Å². The summed E-state index contributed by atoms with van der Waals surface area (Å²) in [6.07, 6.45) is 0. The molecule has 0 fully saturated rings. The summed E-state index contributed by atoms with van der Waals surface area (Å²) in [7, 11) is -4.89. The van der Waals surface area contributed by atoms with Crippen LogP contribution < -0.4 is 56.3 Å². The minimum atomic E-state index is -4.89. The van der Waals surface area contributed by atoms with Crippen molar-refractivity contribution in [3.63, 3.8) is 0 Å². The van der Waals surface area contributed by atoms with Gasteiger partial charge in [-0.25, -0.2) is 0 Å². The zero-order valence-corrected chi connectivity index (χ0v) is 12.7. The van der Waals surface area contributed by atoms with Crippen LogP contribution in [0.15, 0.2) is 0 Å². The molecule has 76 valence electrons. The van der Waals surface area contributed by atoms with Crippen LogP contribution in [0.3, 0.4) is 0 Å². The fourth-order valence-electron chi connectivity index (χ4n) is 0.671. The summed E-state index contributed by atoms with van der Waals surface area (Å²) < 4.78 is 8.77. The average molecular weight is 237 g/mol. The van der Waals surface area contributed by atoms with Crippen molar-refractivity contribution in [3.8, 4) is 0 Å². The predicted octanol–water partition coefficient (Wildman–Crippen LogP) is -3.21. The molecule has 0 aliphatic heterocycles. The third-order valence-corrected chi connectivity index (χ3v) is 1.34. The van der Waals surface area contributed by atoms with E-state index in [1.807, 2.05) is 0 Å². The average Bonchev–Trinajstić information content (AvgIpc) is 1.88. The van der Waals surface area contributed by atoms with Crippen molar-refractivity contribution in [1.29, 1.82) is 0 Å². The van der Waals surface area contributed by atoms with Gasteiger partial charge in [-0.2, -0.15) is 0 Å². The molecular weight excluding hydrogens is 220 g/mol. The van der Waals surface area contributed by atoms with E-state index in [0.29, 0.717) is 0 Å². The second-order valence-electron chi connectivity index (χ2n) is 2.11. The number of nitrogens with zero attached hydrogens (tertiary/aromatic N) is 1. The van der Waals surface area contributed by atoms with Gasteiger partial charge in [-0.3, -0.25) is 4.57 Å². The van der Waals surface area contributed by atoms with Crippen molar-refractivity contribution >= 4 is 7.82 Å². The maximum Gasteiger partial charge on any atom is 1.00 e. The Balaban J connectivity index is -0.000000150. The van der Waals surface area contributed by atoms with Gasteiger partial charge in [0.25, 0.3) is 7.82 Å². The van der Waals surface area contributed by atoms with Crippen molar-refractivity contribution < 1.29 is 70.6 Å². The molecule has 0 saturated heterocycles. The molecule has 0 saturated carbocycles. The first-order valence-electron chi connectivity index (χ1n) is 3.84. The van der Waals surface area contributed by atoms with E-state index in [1.165, 1.54) is 19.6 Å². The molecule has 0 atom stereocenters. The molecule has 0 amide bonds. The van der Waals surface area contributed by atoms with E-state index in [-0.39, 0.29) is 51.4 Å². The van der Waals surface area contributed by atoms with E-state index in [2.05, 4.69) is 25.7 Å². The molecule has 0 unspecified atom stereocenters. The minimum Gasteiger partial charge on any atom is -0.756 e. The van der Waals surface area contributed by atoms with E-state index in [1.54, 1.807) is 0 Å². The topological polar surface area (TPSA) is 83.8 Å². The van der Waals surface area contributed by atoms with Gasteiger partial charge in [-0.05, 0) is 19.6 Å². The zero-order chi connectivity index (χ0) is 10.2. The van der Waals surface area contributed by atoms with Gasteiger partial charge in [-0.1, -0.05) is 20.8 Å². The summed E-state index contributed by atoms with van der Waals surface area (Å²) in [6, 6.07) is 0. The maximum atomic E-state index is 8.77. The largest absolute Gasteiger partial charge is 1.00 e. The van der Waals surface area contributed by atoms with Gasteiger partial charge in [0.05, 0.1) is 0 Å². The minimum absolute atomic E-state index is 0. The summed E-state index contributed by atoms with van der Waals surface area (Å²) in [6.45, 7) is 10.1. The van der Waals surface area contributed by atoms with Crippen LogP contribution in [-0.2, 0) is 4.57 Å². The van der Waals surface area contributed by atoms with Crippen molar-refractivity contribution in [1.82, 2.24) is 4.90 Å². The summed E-state index contributed by atoms with van der Waals surface area (Å²) in [5.74, 6) is 0. The molecule has 0 aromatic rings. The first-order valence-corrected chi connectivity index (χ1v) is 5.37. The van der Waals surface area contributed by atoms with Crippen molar-refractivity contribution in [2.45, 2.75) is 20.8 Å². The predicted molar refractivity (Wildman–Crippen MR) is 45.5 cm³/mol. The Hall–Kier alpha value is 1.71. The zero-order valence-electron chi connectivity index (χ0n) is 8.73. The van der Waals surface area contributed by atoms with Gasteiger partial charge in [0.2, 0.25) is 0 Å². The Morgan fingerprint density at radius 1 is 1.15 bits per heavy atom. The molecule has 0 heterocycles.